The van der Waals surface area contributed by atoms with Crippen molar-refractivity contribution in [3.63, 3.8) is 0 Å². The van der Waals surface area contributed by atoms with Gasteiger partial charge in [0.25, 0.3) is 0 Å². The zero-order valence-corrected chi connectivity index (χ0v) is 8.62. The molecule has 76 valence electrons. The molecule has 0 heterocycles. The first-order valence-electron chi connectivity index (χ1n) is 4.24. The first-order valence-corrected chi connectivity index (χ1v) is 5.78. The molecule has 0 atom stereocenters. The van der Waals surface area contributed by atoms with E-state index in [4.69, 9.17) is 0 Å². The molecule has 0 saturated heterocycles. The standard InChI is InChI=1S/C10H12O3S/c1-2-9(11)8-14(12,13)10-6-4-3-5-7-10/h3-8,11H,2H2,1H3/p-1/b9-8-. The highest BCUT2D eigenvalue weighted by atomic mass is 32.2. The number of hydrogen-bond donors (Lipinski definition) is 0. The quantitative estimate of drug-likeness (QED) is 0.703. The monoisotopic (exact) mass is 211 g/mol. The van der Waals surface area contributed by atoms with Gasteiger partial charge in [-0.1, -0.05) is 25.1 Å². The average molecular weight is 211 g/mol. The van der Waals surface area contributed by atoms with Crippen LogP contribution in [0.1, 0.15) is 13.3 Å². The van der Waals surface area contributed by atoms with Crippen LogP contribution >= 0.6 is 0 Å². The topological polar surface area (TPSA) is 57.2 Å². The molecule has 0 aliphatic rings. The minimum absolute atomic E-state index is 0.154. The van der Waals surface area contributed by atoms with Crippen molar-refractivity contribution >= 4 is 9.84 Å². The highest BCUT2D eigenvalue weighted by molar-refractivity contribution is 7.94. The molecule has 0 aliphatic heterocycles. The lowest BCUT2D eigenvalue weighted by Crippen LogP contribution is -2.06. The van der Waals surface area contributed by atoms with Crippen LogP contribution in [0.4, 0.5) is 0 Å². The largest absolute Gasteiger partial charge is 0.875 e. The van der Waals surface area contributed by atoms with Gasteiger partial charge < -0.3 is 5.11 Å². The number of allylic oxidation sites excluding steroid dienone is 1. The van der Waals surface area contributed by atoms with E-state index in [1.165, 1.54) is 12.1 Å². The van der Waals surface area contributed by atoms with Crippen LogP contribution in [-0.4, -0.2) is 8.42 Å². The highest BCUT2D eigenvalue weighted by Gasteiger charge is 2.08. The summed E-state index contributed by atoms with van der Waals surface area (Å²) in [4.78, 5) is 0.154. The Balaban J connectivity index is 3.11. The van der Waals surface area contributed by atoms with Gasteiger partial charge >= 0.3 is 0 Å². The zero-order valence-electron chi connectivity index (χ0n) is 7.80. The van der Waals surface area contributed by atoms with Crippen molar-refractivity contribution in [1.29, 1.82) is 0 Å². The number of hydrogen-bond acceptors (Lipinski definition) is 3. The van der Waals surface area contributed by atoms with Gasteiger partial charge in [0.2, 0.25) is 0 Å². The fourth-order valence-corrected chi connectivity index (χ4v) is 2.12. The average Bonchev–Trinajstić information content (AvgIpc) is 2.18. The van der Waals surface area contributed by atoms with Gasteiger partial charge in [-0.2, -0.15) is 0 Å². The fourth-order valence-electron chi connectivity index (χ4n) is 0.935. The summed E-state index contributed by atoms with van der Waals surface area (Å²) in [5, 5.41) is 11.7. The van der Waals surface area contributed by atoms with Crippen molar-refractivity contribution in [3.05, 3.63) is 41.5 Å². The van der Waals surface area contributed by atoms with Crippen LogP contribution < -0.4 is 5.11 Å². The molecule has 0 bridgehead atoms. The van der Waals surface area contributed by atoms with Crippen LogP contribution in [0, 0.1) is 0 Å². The third kappa shape index (κ3) is 2.60. The lowest BCUT2D eigenvalue weighted by atomic mass is 10.4. The summed E-state index contributed by atoms with van der Waals surface area (Å²) in [6, 6.07) is 7.90. The molecule has 0 unspecified atom stereocenters. The Kier molecular flexibility index (Phi) is 3.30. The maximum atomic E-state index is 11.5. The third-order valence-electron chi connectivity index (χ3n) is 1.71. The summed E-state index contributed by atoms with van der Waals surface area (Å²) in [5.41, 5.74) is 0. The van der Waals surface area contributed by atoms with Crippen molar-refractivity contribution in [2.24, 2.45) is 0 Å². The van der Waals surface area contributed by atoms with Gasteiger partial charge in [0.05, 0.1) is 4.90 Å². The Hall–Kier alpha value is -1.29. The maximum Gasteiger partial charge on any atom is 0.198 e. The van der Waals surface area contributed by atoms with Crippen LogP contribution in [0.25, 0.3) is 0 Å². The van der Waals surface area contributed by atoms with Crippen LogP contribution in [0.15, 0.2) is 46.4 Å². The van der Waals surface area contributed by atoms with E-state index in [1.54, 1.807) is 25.1 Å². The SMILES string of the molecule is CC/C([O-])=C/S(=O)(=O)c1ccccc1. The van der Waals surface area contributed by atoms with Gasteiger partial charge in [-0.05, 0) is 18.6 Å². The first kappa shape index (κ1) is 10.8. The fraction of sp³-hybridized carbons (Fsp3) is 0.200. The molecule has 0 radical (unpaired) electrons. The van der Waals surface area contributed by atoms with Crippen molar-refractivity contribution in [3.8, 4) is 0 Å². The van der Waals surface area contributed by atoms with E-state index in [2.05, 4.69) is 0 Å². The summed E-state index contributed by atoms with van der Waals surface area (Å²) < 4.78 is 23.1. The second-order valence-corrected chi connectivity index (χ2v) is 4.59. The van der Waals surface area contributed by atoms with E-state index in [0.717, 1.165) is 5.41 Å². The Morgan fingerprint density at radius 3 is 2.43 bits per heavy atom. The smallest absolute Gasteiger partial charge is 0.198 e. The van der Waals surface area contributed by atoms with Gasteiger partial charge in [0.15, 0.2) is 9.84 Å². The predicted octanol–water partition coefficient (Wildman–Crippen LogP) is 1.07. The summed E-state index contributed by atoms with van der Waals surface area (Å²) in [6.07, 6.45) is 0.200. The molecule has 3 nitrogen and oxygen atoms in total. The Bertz CT molecular complexity index is 418. The summed E-state index contributed by atoms with van der Waals surface area (Å²) >= 11 is 0. The molecule has 4 heteroatoms. The molecule has 0 aromatic heterocycles. The molecule has 1 aromatic carbocycles. The Morgan fingerprint density at radius 1 is 1.36 bits per heavy atom. The van der Waals surface area contributed by atoms with E-state index in [1.807, 2.05) is 0 Å². The molecule has 1 rings (SSSR count). The molecule has 0 spiro atoms. The van der Waals surface area contributed by atoms with Crippen LogP contribution in [0.5, 0.6) is 0 Å². The van der Waals surface area contributed by atoms with E-state index < -0.39 is 9.84 Å². The minimum atomic E-state index is -3.55. The van der Waals surface area contributed by atoms with Gasteiger partial charge in [0, 0.05) is 5.41 Å². The molecular weight excluding hydrogens is 200 g/mol. The lowest BCUT2D eigenvalue weighted by molar-refractivity contribution is -0.305. The van der Waals surface area contributed by atoms with Crippen LogP contribution in [0.2, 0.25) is 0 Å². The van der Waals surface area contributed by atoms with Gasteiger partial charge in [-0.25, -0.2) is 8.42 Å². The van der Waals surface area contributed by atoms with E-state index in [0.29, 0.717) is 0 Å². The van der Waals surface area contributed by atoms with Crippen LogP contribution in [-0.2, 0) is 9.84 Å². The summed E-state index contributed by atoms with van der Waals surface area (Å²) in [6.45, 7) is 1.62. The number of benzene rings is 1. The molecule has 0 saturated carbocycles. The summed E-state index contributed by atoms with van der Waals surface area (Å²) in [7, 11) is -3.55. The van der Waals surface area contributed by atoms with Crippen LogP contribution in [0.3, 0.4) is 0 Å². The van der Waals surface area contributed by atoms with E-state index in [9.17, 15) is 13.5 Å². The van der Waals surface area contributed by atoms with Crippen molar-refractivity contribution in [2.75, 3.05) is 0 Å². The zero-order chi connectivity index (χ0) is 10.6. The molecule has 0 fully saturated rings. The van der Waals surface area contributed by atoms with Crippen molar-refractivity contribution in [2.45, 2.75) is 18.2 Å². The Labute approximate surface area is 83.6 Å². The van der Waals surface area contributed by atoms with Crippen molar-refractivity contribution in [1.82, 2.24) is 0 Å². The second-order valence-electron chi connectivity index (χ2n) is 2.80. The molecule has 0 aliphatic carbocycles. The summed E-state index contributed by atoms with van der Waals surface area (Å²) in [5.74, 6) is -0.381. The normalized spacial score (nSPS) is 12.8. The number of rotatable bonds is 3. The first-order chi connectivity index (χ1) is 6.56. The second kappa shape index (κ2) is 4.28. The molecular formula is C10H11O3S-. The maximum absolute atomic E-state index is 11.5. The minimum Gasteiger partial charge on any atom is -0.875 e. The van der Waals surface area contributed by atoms with Gasteiger partial charge in [-0.3, -0.25) is 0 Å². The van der Waals surface area contributed by atoms with Gasteiger partial charge in [0.1, 0.15) is 0 Å². The molecule has 0 N–H and O–H groups in total. The van der Waals surface area contributed by atoms with Gasteiger partial charge in [-0.15, -0.1) is 5.76 Å². The molecule has 0 amide bonds. The van der Waals surface area contributed by atoms with Crippen molar-refractivity contribution < 1.29 is 13.5 Å². The number of sulfone groups is 1. The van der Waals surface area contributed by atoms with E-state index >= 15 is 0 Å². The Morgan fingerprint density at radius 2 is 1.93 bits per heavy atom. The third-order valence-corrected chi connectivity index (χ3v) is 3.21. The highest BCUT2D eigenvalue weighted by Crippen LogP contribution is 2.12. The molecule has 14 heavy (non-hydrogen) atoms. The lowest BCUT2D eigenvalue weighted by Gasteiger charge is -2.08. The predicted molar refractivity (Wildman–Crippen MR) is 52.0 cm³/mol. The molecule has 1 aromatic rings. The van der Waals surface area contributed by atoms with E-state index in [-0.39, 0.29) is 17.1 Å².